The summed E-state index contributed by atoms with van der Waals surface area (Å²) in [6.07, 6.45) is 14.6. The maximum absolute atomic E-state index is 12.5. The highest BCUT2D eigenvalue weighted by atomic mass is 32.2. The molecule has 3 atom stereocenters. The fraction of sp³-hybridized carbons (Fsp3) is 0.471. The predicted octanol–water partition coefficient (Wildman–Crippen LogP) is 6.56. The van der Waals surface area contributed by atoms with E-state index in [1.54, 1.807) is 0 Å². The minimum Gasteiger partial charge on any atom is -0.598 e. The van der Waals surface area contributed by atoms with Crippen LogP contribution in [-0.2, 0) is 24.2 Å². The molecule has 4 aromatic rings. The fourth-order valence-electron chi connectivity index (χ4n) is 7.39. The zero-order valence-electron chi connectivity index (χ0n) is 25.4. The summed E-state index contributed by atoms with van der Waals surface area (Å²) in [5, 5.41) is 7.83. The molecule has 0 saturated carbocycles. The van der Waals surface area contributed by atoms with Crippen molar-refractivity contribution in [3.05, 3.63) is 77.4 Å². The molecule has 0 amide bonds. The largest absolute Gasteiger partial charge is 0.598 e. The van der Waals surface area contributed by atoms with E-state index in [1.165, 1.54) is 16.7 Å². The Hall–Kier alpha value is -3.27. The number of nitrogens with zero attached hydrogens (tertiary/aromatic N) is 5. The Bertz CT molecular complexity index is 1660. The molecule has 4 heterocycles. The number of H-pyrrole nitrogens is 1. The molecule has 0 radical (unpaired) electrons. The number of benzene rings is 1. The Labute approximate surface area is 257 Å². The molecule has 0 fully saturated rings. The van der Waals surface area contributed by atoms with Crippen LogP contribution in [-0.4, -0.2) is 47.5 Å². The average Bonchev–Trinajstić information content (AvgIpc) is 3.57. The van der Waals surface area contributed by atoms with Crippen molar-refractivity contribution in [1.82, 2.24) is 29.9 Å². The number of aromatic nitrogens is 5. The van der Waals surface area contributed by atoms with Gasteiger partial charge in [-0.05, 0) is 112 Å². The number of hydrogen-bond donors (Lipinski definition) is 2. The number of allylic oxidation sites excluding steroid dienone is 2. The second kappa shape index (κ2) is 11.3. The molecule has 8 nitrogen and oxygen atoms in total. The van der Waals surface area contributed by atoms with Gasteiger partial charge in [-0.1, -0.05) is 30.3 Å². The van der Waals surface area contributed by atoms with Gasteiger partial charge in [0.2, 0.25) is 0 Å². The number of anilines is 2. The van der Waals surface area contributed by atoms with Gasteiger partial charge in [-0.2, -0.15) is 5.10 Å². The fourth-order valence-corrected chi connectivity index (χ4v) is 8.15. The van der Waals surface area contributed by atoms with Gasteiger partial charge in [-0.25, -0.2) is 9.97 Å². The number of pyridine rings is 1. The Kier molecular flexibility index (Phi) is 7.51. The number of rotatable bonds is 7. The molecule has 2 aliphatic carbocycles. The second-order valence-electron chi connectivity index (χ2n) is 13.4. The number of hydrogen-bond acceptors (Lipinski definition) is 7. The van der Waals surface area contributed by atoms with Crippen LogP contribution in [0.5, 0.6) is 0 Å². The van der Waals surface area contributed by atoms with Crippen LogP contribution < -0.4 is 9.62 Å². The van der Waals surface area contributed by atoms with Crippen molar-refractivity contribution in [2.45, 2.75) is 82.8 Å². The Morgan fingerprint density at radius 2 is 2.02 bits per heavy atom. The number of nitrogens with one attached hydrogen (secondary N) is 2. The highest BCUT2D eigenvalue weighted by molar-refractivity contribution is 7.90. The summed E-state index contributed by atoms with van der Waals surface area (Å²) < 4.78 is 15.5. The standard InChI is InChI=1S/C34H41N7OS/c1-33(2,3)43(42)37-19-6-11-26-25-10-5-4-9-24(25)21-34(26)16-14-23(15-17-34)28-22-36-30-31(38-28)39-40-32(30)41-20-8-12-27-29(41)13-7-18-35-27/h4-5,7,9-10,13-14,18,22,26,37H,6,8,11-12,15-17,19-21H2,1-3H3,(H,38,39,40). The molecule has 1 spiro atoms. The maximum Gasteiger partial charge on any atom is 0.183 e. The first kappa shape index (κ1) is 28.5. The van der Waals surface area contributed by atoms with Crippen LogP contribution in [0.1, 0.15) is 87.7 Å². The first-order valence-corrected chi connectivity index (χ1v) is 16.8. The van der Waals surface area contributed by atoms with Crippen LogP contribution in [0.3, 0.4) is 0 Å². The van der Waals surface area contributed by atoms with Gasteiger partial charge >= 0.3 is 0 Å². The summed E-state index contributed by atoms with van der Waals surface area (Å²) in [6.45, 7) is 7.72. The highest BCUT2D eigenvalue weighted by Crippen LogP contribution is 2.57. The Morgan fingerprint density at radius 1 is 1.14 bits per heavy atom. The van der Waals surface area contributed by atoms with Crippen molar-refractivity contribution in [2.24, 2.45) is 5.41 Å². The molecule has 224 valence electrons. The normalized spacial score (nSPS) is 22.5. The lowest BCUT2D eigenvalue weighted by Gasteiger charge is -2.39. The lowest BCUT2D eigenvalue weighted by molar-refractivity contribution is 0.210. The number of aromatic amines is 1. The number of aryl methyl sites for hydroxylation is 1. The molecule has 43 heavy (non-hydrogen) atoms. The summed E-state index contributed by atoms with van der Waals surface area (Å²) in [5.41, 5.74) is 9.22. The van der Waals surface area contributed by atoms with Crippen LogP contribution in [0, 0.1) is 5.41 Å². The topological polar surface area (TPSA) is 106 Å². The van der Waals surface area contributed by atoms with E-state index in [0.717, 1.165) is 98.5 Å². The lowest BCUT2D eigenvalue weighted by Crippen LogP contribution is -2.40. The minimum absolute atomic E-state index is 0.227. The maximum atomic E-state index is 12.5. The van der Waals surface area contributed by atoms with Crippen molar-refractivity contribution in [3.8, 4) is 0 Å². The zero-order valence-corrected chi connectivity index (χ0v) is 26.2. The SMILES string of the molecule is CC(C)(C)[S+]([O-])NCCCC1c2ccccc2CC12CC=C(c1cnc3c(N4CCCc5ncccc54)n[nH]c3n1)CC2. The third-order valence-electron chi connectivity index (χ3n) is 9.61. The van der Waals surface area contributed by atoms with Gasteiger partial charge in [0.1, 0.15) is 4.75 Å². The monoisotopic (exact) mass is 595 g/mol. The van der Waals surface area contributed by atoms with E-state index in [-0.39, 0.29) is 10.2 Å². The van der Waals surface area contributed by atoms with E-state index in [4.69, 9.17) is 9.97 Å². The molecular formula is C34H41N7OS. The summed E-state index contributed by atoms with van der Waals surface area (Å²) in [4.78, 5) is 16.7. The van der Waals surface area contributed by atoms with Crippen LogP contribution in [0.15, 0.2) is 54.9 Å². The third-order valence-corrected chi connectivity index (χ3v) is 11.2. The molecule has 7 rings (SSSR count). The van der Waals surface area contributed by atoms with Gasteiger partial charge < -0.3 is 9.45 Å². The Balaban J connectivity index is 1.09. The van der Waals surface area contributed by atoms with Gasteiger partial charge in [0.15, 0.2) is 17.0 Å². The third kappa shape index (κ3) is 5.36. The molecule has 0 bridgehead atoms. The zero-order chi connectivity index (χ0) is 29.6. The average molecular weight is 596 g/mol. The minimum atomic E-state index is -1.03. The molecule has 9 heteroatoms. The molecule has 2 N–H and O–H groups in total. The first-order valence-electron chi connectivity index (χ1n) is 15.7. The van der Waals surface area contributed by atoms with Crippen molar-refractivity contribution < 1.29 is 4.55 Å². The molecule has 3 unspecified atom stereocenters. The summed E-state index contributed by atoms with van der Waals surface area (Å²) in [5.74, 6) is 1.34. The van der Waals surface area contributed by atoms with E-state index in [0.29, 0.717) is 5.92 Å². The van der Waals surface area contributed by atoms with Gasteiger partial charge in [0, 0.05) is 30.6 Å². The second-order valence-corrected chi connectivity index (χ2v) is 15.4. The molecule has 3 aliphatic rings. The molecule has 1 aromatic carbocycles. The van der Waals surface area contributed by atoms with E-state index < -0.39 is 11.4 Å². The Morgan fingerprint density at radius 3 is 2.86 bits per heavy atom. The lowest BCUT2D eigenvalue weighted by atomic mass is 9.65. The van der Waals surface area contributed by atoms with Crippen LogP contribution in [0.25, 0.3) is 16.7 Å². The summed E-state index contributed by atoms with van der Waals surface area (Å²) in [7, 11) is 0. The smallest absolute Gasteiger partial charge is 0.183 e. The molecular weight excluding hydrogens is 554 g/mol. The van der Waals surface area contributed by atoms with Crippen LogP contribution in [0.2, 0.25) is 0 Å². The van der Waals surface area contributed by atoms with Crippen molar-refractivity contribution in [3.63, 3.8) is 0 Å². The number of fused-ring (bicyclic) bond motifs is 3. The van der Waals surface area contributed by atoms with Crippen LogP contribution >= 0.6 is 0 Å². The van der Waals surface area contributed by atoms with Gasteiger partial charge in [0.25, 0.3) is 0 Å². The van der Waals surface area contributed by atoms with Crippen molar-refractivity contribution >= 4 is 39.6 Å². The highest BCUT2D eigenvalue weighted by Gasteiger charge is 2.46. The molecule has 1 aliphatic heterocycles. The molecule has 3 aromatic heterocycles. The van der Waals surface area contributed by atoms with Gasteiger partial charge in [-0.15, -0.1) is 4.72 Å². The van der Waals surface area contributed by atoms with Crippen molar-refractivity contribution in [2.75, 3.05) is 18.0 Å². The van der Waals surface area contributed by atoms with E-state index >= 15 is 0 Å². The van der Waals surface area contributed by atoms with E-state index in [1.807, 2.05) is 39.2 Å². The van der Waals surface area contributed by atoms with E-state index in [9.17, 15) is 4.55 Å². The quantitative estimate of drug-likeness (QED) is 0.184. The van der Waals surface area contributed by atoms with Crippen molar-refractivity contribution in [1.29, 1.82) is 0 Å². The first-order chi connectivity index (χ1) is 20.8. The molecule has 0 saturated heterocycles. The van der Waals surface area contributed by atoms with Gasteiger partial charge in [-0.3, -0.25) is 10.1 Å². The predicted molar refractivity (Wildman–Crippen MR) is 174 cm³/mol. The van der Waals surface area contributed by atoms with E-state index in [2.05, 4.69) is 61.2 Å². The summed E-state index contributed by atoms with van der Waals surface area (Å²) in [6, 6.07) is 13.1. The van der Waals surface area contributed by atoms with Gasteiger partial charge in [0.05, 0.1) is 23.3 Å². The van der Waals surface area contributed by atoms with Crippen LogP contribution in [0.4, 0.5) is 11.5 Å². The summed E-state index contributed by atoms with van der Waals surface area (Å²) >= 11 is -1.03.